The zero-order valence-electron chi connectivity index (χ0n) is 15.1. The first kappa shape index (κ1) is 18.3. The van der Waals surface area contributed by atoms with Gasteiger partial charge in [0.05, 0.1) is 26.5 Å². The number of urea groups is 1. The molecule has 0 bridgehead atoms. The number of methoxy groups -OCH3 is 2. The van der Waals surface area contributed by atoms with Crippen LogP contribution in [0.5, 0.6) is 11.5 Å². The standard InChI is InChI=1S/C17H23N5O3/c1-11-9-15(22(2)3)21-14(19-11)10-18-17(23)20-12-7-6-8-13(24-4)16(12)25-5/h6-9H,10H2,1-5H3,(H2,18,20,23). The Labute approximate surface area is 147 Å². The van der Waals surface area contributed by atoms with Crippen molar-refractivity contribution in [1.82, 2.24) is 15.3 Å². The fourth-order valence-corrected chi connectivity index (χ4v) is 2.23. The Morgan fingerprint density at radius 2 is 1.96 bits per heavy atom. The minimum absolute atomic E-state index is 0.209. The second kappa shape index (κ2) is 8.18. The molecule has 0 radical (unpaired) electrons. The number of para-hydroxylation sites is 1. The van der Waals surface area contributed by atoms with Crippen molar-refractivity contribution in [2.24, 2.45) is 0 Å². The lowest BCUT2D eigenvalue weighted by Crippen LogP contribution is -2.29. The van der Waals surface area contributed by atoms with Gasteiger partial charge in [-0.3, -0.25) is 0 Å². The molecule has 0 unspecified atom stereocenters. The summed E-state index contributed by atoms with van der Waals surface area (Å²) in [6, 6.07) is 6.75. The number of aryl methyl sites for hydroxylation is 1. The fourth-order valence-electron chi connectivity index (χ4n) is 2.23. The molecule has 2 aromatic rings. The van der Waals surface area contributed by atoms with E-state index in [4.69, 9.17) is 9.47 Å². The molecule has 2 rings (SSSR count). The Bertz CT molecular complexity index is 749. The number of hydrogen-bond donors (Lipinski definition) is 2. The molecule has 0 fully saturated rings. The molecule has 0 spiro atoms. The van der Waals surface area contributed by atoms with Gasteiger partial charge in [-0.05, 0) is 19.1 Å². The van der Waals surface area contributed by atoms with Gasteiger partial charge in [0.1, 0.15) is 11.6 Å². The van der Waals surface area contributed by atoms with Gasteiger partial charge in [0.2, 0.25) is 0 Å². The van der Waals surface area contributed by atoms with Gasteiger partial charge in [-0.25, -0.2) is 14.8 Å². The maximum Gasteiger partial charge on any atom is 0.319 e. The molecule has 1 aromatic carbocycles. The lowest BCUT2D eigenvalue weighted by Gasteiger charge is -2.15. The molecular weight excluding hydrogens is 322 g/mol. The SMILES string of the molecule is COc1cccc(NC(=O)NCc2nc(C)cc(N(C)C)n2)c1OC. The first-order valence-corrected chi connectivity index (χ1v) is 7.72. The number of nitrogens with zero attached hydrogens (tertiary/aromatic N) is 3. The number of carbonyl (C=O) groups is 1. The summed E-state index contributed by atoms with van der Waals surface area (Å²) in [5, 5.41) is 5.48. The molecule has 8 nitrogen and oxygen atoms in total. The average Bonchev–Trinajstić information content (AvgIpc) is 2.59. The molecule has 8 heteroatoms. The van der Waals surface area contributed by atoms with Crippen molar-refractivity contribution in [1.29, 1.82) is 0 Å². The van der Waals surface area contributed by atoms with Gasteiger partial charge in [0.25, 0.3) is 0 Å². The summed E-state index contributed by atoms with van der Waals surface area (Å²) in [6.45, 7) is 2.10. The van der Waals surface area contributed by atoms with Crippen LogP contribution >= 0.6 is 0 Å². The molecule has 1 aromatic heterocycles. The highest BCUT2D eigenvalue weighted by Crippen LogP contribution is 2.34. The minimum atomic E-state index is -0.386. The molecule has 0 aliphatic heterocycles. The highest BCUT2D eigenvalue weighted by Gasteiger charge is 2.12. The van der Waals surface area contributed by atoms with Crippen LogP contribution in [0.3, 0.4) is 0 Å². The van der Waals surface area contributed by atoms with Crippen molar-refractivity contribution in [2.45, 2.75) is 13.5 Å². The largest absolute Gasteiger partial charge is 0.493 e. The Morgan fingerprint density at radius 1 is 1.20 bits per heavy atom. The Kier molecular flexibility index (Phi) is 5.99. The molecule has 0 aliphatic rings. The van der Waals surface area contributed by atoms with Crippen molar-refractivity contribution in [3.63, 3.8) is 0 Å². The van der Waals surface area contributed by atoms with E-state index in [1.54, 1.807) is 25.3 Å². The molecule has 25 heavy (non-hydrogen) atoms. The van der Waals surface area contributed by atoms with E-state index in [0.717, 1.165) is 11.5 Å². The van der Waals surface area contributed by atoms with Gasteiger partial charge in [0, 0.05) is 25.9 Å². The number of aromatic nitrogens is 2. The number of ether oxygens (including phenoxy) is 2. The first-order valence-electron chi connectivity index (χ1n) is 7.72. The van der Waals surface area contributed by atoms with Gasteiger partial charge in [-0.15, -0.1) is 0 Å². The van der Waals surface area contributed by atoms with E-state index in [1.807, 2.05) is 32.0 Å². The minimum Gasteiger partial charge on any atom is -0.493 e. The van der Waals surface area contributed by atoms with Crippen molar-refractivity contribution in [3.05, 3.63) is 35.8 Å². The van der Waals surface area contributed by atoms with Crippen LogP contribution in [-0.2, 0) is 6.54 Å². The second-order valence-corrected chi connectivity index (χ2v) is 5.53. The number of anilines is 2. The number of rotatable bonds is 6. The number of hydrogen-bond acceptors (Lipinski definition) is 6. The highest BCUT2D eigenvalue weighted by molar-refractivity contribution is 5.91. The normalized spacial score (nSPS) is 10.1. The summed E-state index contributed by atoms with van der Waals surface area (Å²) in [6.07, 6.45) is 0. The van der Waals surface area contributed by atoms with Crippen LogP contribution in [0.25, 0.3) is 0 Å². The van der Waals surface area contributed by atoms with Crippen LogP contribution in [-0.4, -0.2) is 44.3 Å². The molecule has 2 amide bonds. The Morgan fingerprint density at radius 3 is 2.60 bits per heavy atom. The van der Waals surface area contributed by atoms with E-state index < -0.39 is 0 Å². The predicted octanol–water partition coefficient (Wildman–Crippen LogP) is 2.19. The molecule has 1 heterocycles. The highest BCUT2D eigenvalue weighted by atomic mass is 16.5. The Hall–Kier alpha value is -3.03. The number of nitrogens with one attached hydrogen (secondary N) is 2. The molecule has 2 N–H and O–H groups in total. The third-order valence-corrected chi connectivity index (χ3v) is 3.40. The van der Waals surface area contributed by atoms with Crippen molar-refractivity contribution in [2.75, 3.05) is 38.5 Å². The van der Waals surface area contributed by atoms with Crippen LogP contribution in [0.1, 0.15) is 11.5 Å². The topological polar surface area (TPSA) is 88.6 Å². The molecule has 0 saturated heterocycles. The molecule has 0 saturated carbocycles. The van der Waals surface area contributed by atoms with Crippen LogP contribution in [0, 0.1) is 6.92 Å². The van der Waals surface area contributed by atoms with Crippen LogP contribution < -0.4 is 25.0 Å². The van der Waals surface area contributed by atoms with Gasteiger partial charge < -0.3 is 25.0 Å². The van der Waals surface area contributed by atoms with E-state index in [-0.39, 0.29) is 12.6 Å². The zero-order valence-corrected chi connectivity index (χ0v) is 15.1. The molecular formula is C17H23N5O3. The zero-order chi connectivity index (χ0) is 18.4. The summed E-state index contributed by atoms with van der Waals surface area (Å²) < 4.78 is 10.5. The third-order valence-electron chi connectivity index (χ3n) is 3.40. The predicted molar refractivity (Wildman–Crippen MR) is 96.5 cm³/mol. The van der Waals surface area contributed by atoms with Crippen LogP contribution in [0.2, 0.25) is 0 Å². The summed E-state index contributed by atoms with van der Waals surface area (Å²) in [5.74, 6) is 2.33. The van der Waals surface area contributed by atoms with Gasteiger partial charge >= 0.3 is 6.03 Å². The maximum atomic E-state index is 12.2. The third kappa shape index (κ3) is 4.72. The van der Waals surface area contributed by atoms with E-state index >= 15 is 0 Å². The van der Waals surface area contributed by atoms with Gasteiger partial charge in [-0.2, -0.15) is 0 Å². The number of amides is 2. The van der Waals surface area contributed by atoms with Gasteiger partial charge in [0.15, 0.2) is 11.5 Å². The summed E-state index contributed by atoms with van der Waals surface area (Å²) in [4.78, 5) is 22.8. The van der Waals surface area contributed by atoms with Crippen LogP contribution in [0.15, 0.2) is 24.3 Å². The first-order chi connectivity index (χ1) is 11.9. The fraction of sp³-hybridized carbons (Fsp3) is 0.353. The monoisotopic (exact) mass is 345 g/mol. The van der Waals surface area contributed by atoms with Crippen LogP contribution in [0.4, 0.5) is 16.3 Å². The van der Waals surface area contributed by atoms with Crippen molar-refractivity contribution in [3.8, 4) is 11.5 Å². The lowest BCUT2D eigenvalue weighted by molar-refractivity contribution is 0.251. The molecule has 0 aliphatic carbocycles. The molecule has 0 atom stereocenters. The lowest BCUT2D eigenvalue weighted by atomic mass is 10.2. The number of carbonyl (C=O) groups excluding carboxylic acids is 1. The van der Waals surface area contributed by atoms with E-state index in [0.29, 0.717) is 23.0 Å². The second-order valence-electron chi connectivity index (χ2n) is 5.53. The maximum absolute atomic E-state index is 12.2. The molecule has 134 valence electrons. The summed E-state index contributed by atoms with van der Waals surface area (Å²) in [7, 11) is 6.87. The van der Waals surface area contributed by atoms with E-state index in [1.165, 1.54) is 7.11 Å². The van der Waals surface area contributed by atoms with E-state index in [9.17, 15) is 4.79 Å². The quantitative estimate of drug-likeness (QED) is 0.834. The summed E-state index contributed by atoms with van der Waals surface area (Å²) >= 11 is 0. The van der Waals surface area contributed by atoms with Crippen molar-refractivity contribution >= 4 is 17.5 Å². The average molecular weight is 345 g/mol. The summed E-state index contributed by atoms with van der Waals surface area (Å²) in [5.41, 5.74) is 1.35. The number of benzene rings is 1. The Balaban J connectivity index is 2.05. The smallest absolute Gasteiger partial charge is 0.319 e. The van der Waals surface area contributed by atoms with E-state index in [2.05, 4.69) is 20.6 Å². The van der Waals surface area contributed by atoms with Crippen molar-refractivity contribution < 1.29 is 14.3 Å². The van der Waals surface area contributed by atoms with Gasteiger partial charge in [-0.1, -0.05) is 6.07 Å².